The minimum atomic E-state index is -0.914. The molecule has 21 heavy (non-hydrogen) atoms. The van der Waals surface area contributed by atoms with E-state index in [1.807, 2.05) is 0 Å². The minimum Gasteiger partial charge on any atom is -0.495 e. The van der Waals surface area contributed by atoms with E-state index in [0.717, 1.165) is 25.7 Å². The second-order valence-corrected chi connectivity index (χ2v) is 5.82. The number of ether oxygens (including phenoxy) is 1. The van der Waals surface area contributed by atoms with Crippen molar-refractivity contribution in [3.8, 4) is 11.8 Å². The molecule has 4 nitrogen and oxygen atoms in total. The summed E-state index contributed by atoms with van der Waals surface area (Å²) in [6, 6.07) is 7.31. The highest BCUT2D eigenvalue weighted by Gasteiger charge is 2.38. The van der Waals surface area contributed by atoms with Gasteiger partial charge in [0.2, 0.25) is 5.91 Å². The van der Waals surface area contributed by atoms with Crippen LogP contribution in [-0.2, 0) is 4.79 Å². The van der Waals surface area contributed by atoms with Crippen molar-refractivity contribution < 1.29 is 9.53 Å². The van der Waals surface area contributed by atoms with Crippen molar-refractivity contribution >= 4 is 23.2 Å². The molecule has 0 unspecified atom stereocenters. The summed E-state index contributed by atoms with van der Waals surface area (Å²) >= 11 is 6.05. The zero-order valence-electron chi connectivity index (χ0n) is 12.1. The fraction of sp³-hybridized carbons (Fsp3) is 0.500. The zero-order valence-corrected chi connectivity index (χ0v) is 12.9. The van der Waals surface area contributed by atoms with Gasteiger partial charge < -0.3 is 10.1 Å². The van der Waals surface area contributed by atoms with Gasteiger partial charge >= 0.3 is 0 Å². The van der Waals surface area contributed by atoms with E-state index in [4.69, 9.17) is 16.3 Å². The van der Waals surface area contributed by atoms with E-state index in [0.29, 0.717) is 29.3 Å². The number of methoxy groups -OCH3 is 1. The first kappa shape index (κ1) is 15.7. The van der Waals surface area contributed by atoms with Crippen LogP contribution < -0.4 is 10.1 Å². The van der Waals surface area contributed by atoms with Crippen molar-refractivity contribution in [2.24, 2.45) is 5.41 Å². The van der Waals surface area contributed by atoms with Crippen LogP contribution in [-0.4, -0.2) is 13.0 Å². The monoisotopic (exact) mass is 306 g/mol. The molecule has 1 fully saturated rings. The molecular formula is C16H19ClN2O2. The van der Waals surface area contributed by atoms with Crippen LogP contribution in [0.3, 0.4) is 0 Å². The van der Waals surface area contributed by atoms with Crippen molar-refractivity contribution in [3.63, 3.8) is 0 Å². The number of amides is 1. The number of carbonyl (C=O) groups excluding carboxylic acids is 1. The molecule has 112 valence electrons. The summed E-state index contributed by atoms with van der Waals surface area (Å²) in [6.07, 6.45) is 5.27. The molecule has 1 aliphatic rings. The second kappa shape index (κ2) is 6.82. The number of halogens is 1. The average molecular weight is 307 g/mol. The molecule has 5 heteroatoms. The zero-order chi connectivity index (χ0) is 15.3. The van der Waals surface area contributed by atoms with Gasteiger partial charge in [0.25, 0.3) is 0 Å². The average Bonchev–Trinajstić information content (AvgIpc) is 2.74. The number of hydrogen-bond acceptors (Lipinski definition) is 3. The van der Waals surface area contributed by atoms with Crippen LogP contribution in [0.5, 0.6) is 5.75 Å². The fourth-order valence-electron chi connectivity index (χ4n) is 2.72. The Morgan fingerprint density at radius 3 is 2.52 bits per heavy atom. The number of rotatable bonds is 3. The molecule has 0 atom stereocenters. The molecule has 0 spiro atoms. The lowest BCUT2D eigenvalue weighted by Crippen LogP contribution is -2.34. The predicted molar refractivity (Wildman–Crippen MR) is 82.4 cm³/mol. The molecule has 0 heterocycles. The first-order chi connectivity index (χ1) is 10.1. The highest BCUT2D eigenvalue weighted by Crippen LogP contribution is 2.36. The summed E-state index contributed by atoms with van der Waals surface area (Å²) in [6.45, 7) is 0. The summed E-state index contributed by atoms with van der Waals surface area (Å²) in [4.78, 5) is 12.5. The van der Waals surface area contributed by atoms with Crippen molar-refractivity contribution in [3.05, 3.63) is 23.2 Å². The maximum absolute atomic E-state index is 12.5. The van der Waals surface area contributed by atoms with Gasteiger partial charge in [-0.3, -0.25) is 4.79 Å². The fourth-order valence-corrected chi connectivity index (χ4v) is 2.97. The highest BCUT2D eigenvalue weighted by molar-refractivity contribution is 6.32. The number of hydrogen-bond donors (Lipinski definition) is 1. The summed E-state index contributed by atoms with van der Waals surface area (Å²) in [5.74, 6) is 0.326. The molecule has 1 aromatic rings. The van der Waals surface area contributed by atoms with Gasteiger partial charge in [-0.1, -0.05) is 37.3 Å². The molecule has 1 N–H and O–H groups in total. The topological polar surface area (TPSA) is 62.1 Å². The molecule has 2 rings (SSSR count). The van der Waals surface area contributed by atoms with Crippen molar-refractivity contribution in [1.82, 2.24) is 0 Å². The van der Waals surface area contributed by atoms with E-state index >= 15 is 0 Å². The minimum absolute atomic E-state index is 0.229. The summed E-state index contributed by atoms with van der Waals surface area (Å²) in [5.41, 5.74) is -0.326. The number of carbonyl (C=O) groups is 1. The molecular weight excluding hydrogens is 288 g/mol. The quantitative estimate of drug-likeness (QED) is 0.853. The lowest BCUT2D eigenvalue weighted by molar-refractivity contribution is -0.123. The normalized spacial score (nSPS) is 17.4. The summed E-state index contributed by atoms with van der Waals surface area (Å²) < 4.78 is 5.08. The van der Waals surface area contributed by atoms with Crippen LogP contribution in [0.2, 0.25) is 5.02 Å². The van der Waals surface area contributed by atoms with Crippen LogP contribution in [0.1, 0.15) is 38.5 Å². The molecule has 0 aliphatic heterocycles. The van der Waals surface area contributed by atoms with Gasteiger partial charge in [0, 0.05) is 5.69 Å². The van der Waals surface area contributed by atoms with Gasteiger partial charge in [-0.05, 0) is 31.0 Å². The number of benzene rings is 1. The molecule has 0 bridgehead atoms. The molecule has 1 aromatic carbocycles. The van der Waals surface area contributed by atoms with Gasteiger partial charge in [0.1, 0.15) is 11.2 Å². The SMILES string of the molecule is COc1ccc(NC(=O)C2(C#N)CCCCCC2)cc1Cl. The smallest absolute Gasteiger partial charge is 0.244 e. The van der Waals surface area contributed by atoms with Gasteiger partial charge in [-0.25, -0.2) is 0 Å². The highest BCUT2D eigenvalue weighted by atomic mass is 35.5. The van der Waals surface area contributed by atoms with Crippen molar-refractivity contribution in [1.29, 1.82) is 5.26 Å². The van der Waals surface area contributed by atoms with E-state index in [1.54, 1.807) is 18.2 Å². The summed E-state index contributed by atoms with van der Waals surface area (Å²) in [7, 11) is 1.54. The first-order valence-corrected chi connectivity index (χ1v) is 7.55. The maximum atomic E-state index is 12.5. The van der Waals surface area contributed by atoms with Gasteiger partial charge in [-0.2, -0.15) is 5.26 Å². The van der Waals surface area contributed by atoms with E-state index < -0.39 is 5.41 Å². The predicted octanol–water partition coefficient (Wildman–Crippen LogP) is 4.15. The molecule has 1 aliphatic carbocycles. The number of nitrogens with one attached hydrogen (secondary N) is 1. The Hall–Kier alpha value is -1.73. The van der Waals surface area contributed by atoms with E-state index in [9.17, 15) is 10.1 Å². The van der Waals surface area contributed by atoms with Crippen LogP contribution >= 0.6 is 11.6 Å². The van der Waals surface area contributed by atoms with Crippen LogP contribution in [0, 0.1) is 16.7 Å². The first-order valence-electron chi connectivity index (χ1n) is 7.17. The second-order valence-electron chi connectivity index (χ2n) is 5.41. The lowest BCUT2D eigenvalue weighted by atomic mass is 9.81. The van der Waals surface area contributed by atoms with Gasteiger partial charge in [0.05, 0.1) is 18.2 Å². The van der Waals surface area contributed by atoms with Crippen LogP contribution in [0.25, 0.3) is 0 Å². The van der Waals surface area contributed by atoms with Crippen LogP contribution in [0.4, 0.5) is 5.69 Å². The summed E-state index contributed by atoms with van der Waals surface area (Å²) in [5, 5.41) is 12.7. The third kappa shape index (κ3) is 3.48. The Morgan fingerprint density at radius 2 is 2.00 bits per heavy atom. The third-order valence-corrected chi connectivity index (χ3v) is 4.31. The molecule has 0 radical (unpaired) electrons. The number of nitrogens with zero attached hydrogens (tertiary/aromatic N) is 1. The number of anilines is 1. The number of nitriles is 1. The standard InChI is InChI=1S/C16H19ClN2O2/c1-21-14-7-6-12(10-13(14)17)19-15(20)16(11-18)8-4-2-3-5-9-16/h6-7,10H,2-5,8-9H2,1H3,(H,19,20). The van der Waals surface area contributed by atoms with Gasteiger partial charge in [-0.15, -0.1) is 0 Å². The lowest BCUT2D eigenvalue weighted by Gasteiger charge is -2.23. The Balaban J connectivity index is 2.16. The molecule has 1 amide bonds. The maximum Gasteiger partial charge on any atom is 0.244 e. The van der Waals surface area contributed by atoms with Gasteiger partial charge in [0.15, 0.2) is 0 Å². The van der Waals surface area contributed by atoms with E-state index in [-0.39, 0.29) is 5.91 Å². The van der Waals surface area contributed by atoms with E-state index in [2.05, 4.69) is 11.4 Å². The molecule has 1 saturated carbocycles. The molecule has 0 aromatic heterocycles. The van der Waals surface area contributed by atoms with Crippen molar-refractivity contribution in [2.45, 2.75) is 38.5 Å². The Bertz CT molecular complexity index is 558. The third-order valence-electron chi connectivity index (χ3n) is 4.02. The Morgan fingerprint density at radius 1 is 1.33 bits per heavy atom. The largest absolute Gasteiger partial charge is 0.495 e. The molecule has 0 saturated heterocycles. The van der Waals surface area contributed by atoms with Crippen molar-refractivity contribution in [2.75, 3.05) is 12.4 Å². The van der Waals surface area contributed by atoms with E-state index in [1.165, 1.54) is 7.11 Å². The Kier molecular flexibility index (Phi) is 5.08. The van der Waals surface area contributed by atoms with Crippen LogP contribution in [0.15, 0.2) is 18.2 Å². The Labute approximate surface area is 130 Å².